The van der Waals surface area contributed by atoms with Crippen molar-refractivity contribution < 1.29 is 17.9 Å². The number of carbonyl (C=O) groups is 1. The van der Waals surface area contributed by atoms with E-state index >= 15 is 0 Å². The highest BCUT2D eigenvalue weighted by atomic mass is 32.2. The largest absolute Gasteiger partial charge is 0.497 e. The molecular formula is C19H19N3O4S3. The molecule has 29 heavy (non-hydrogen) atoms. The van der Waals surface area contributed by atoms with E-state index in [1.807, 2.05) is 22.9 Å². The zero-order chi connectivity index (χ0) is 20.4. The zero-order valence-corrected chi connectivity index (χ0v) is 18.0. The number of ether oxygens (including phenoxy) is 1. The normalized spacial score (nSPS) is 17.3. The van der Waals surface area contributed by atoms with Crippen LogP contribution in [0.1, 0.15) is 12.8 Å². The van der Waals surface area contributed by atoms with E-state index in [2.05, 4.69) is 10.3 Å². The van der Waals surface area contributed by atoms with E-state index < -0.39 is 16.1 Å². The van der Waals surface area contributed by atoms with E-state index in [-0.39, 0.29) is 10.8 Å². The number of carbonyl (C=O) groups excluding carboxylic acids is 1. The molecule has 4 rings (SSSR count). The predicted molar refractivity (Wildman–Crippen MR) is 114 cm³/mol. The van der Waals surface area contributed by atoms with Crippen LogP contribution in [0, 0.1) is 0 Å². The van der Waals surface area contributed by atoms with Crippen molar-refractivity contribution in [3.05, 3.63) is 47.2 Å². The Morgan fingerprint density at radius 2 is 2.03 bits per heavy atom. The Balaban J connectivity index is 1.50. The topological polar surface area (TPSA) is 88.6 Å². The van der Waals surface area contributed by atoms with Gasteiger partial charge in [-0.25, -0.2) is 13.4 Å². The fourth-order valence-corrected chi connectivity index (χ4v) is 6.36. The first-order valence-electron chi connectivity index (χ1n) is 8.95. The average molecular weight is 450 g/mol. The van der Waals surface area contributed by atoms with Crippen LogP contribution < -0.4 is 10.1 Å². The Morgan fingerprint density at radius 1 is 1.24 bits per heavy atom. The van der Waals surface area contributed by atoms with Gasteiger partial charge in [0.25, 0.3) is 0 Å². The SMILES string of the molecule is COc1ccc(S(=O)(=O)N2CCCC2C(=O)Nc2nc(-c3cccs3)cs2)cc1. The third-order valence-electron chi connectivity index (χ3n) is 4.68. The Labute approximate surface area is 177 Å². The lowest BCUT2D eigenvalue weighted by Gasteiger charge is -2.23. The number of hydrogen-bond donors (Lipinski definition) is 1. The minimum atomic E-state index is -3.78. The molecule has 3 aromatic rings. The van der Waals surface area contributed by atoms with E-state index in [4.69, 9.17) is 4.74 Å². The highest BCUT2D eigenvalue weighted by Crippen LogP contribution is 2.30. The molecule has 3 heterocycles. The molecular weight excluding hydrogens is 430 g/mol. The van der Waals surface area contributed by atoms with E-state index in [1.54, 1.807) is 23.5 Å². The Kier molecular flexibility index (Phi) is 5.68. The fourth-order valence-electron chi connectivity index (χ4n) is 3.23. The molecule has 0 spiro atoms. The van der Waals surface area contributed by atoms with Gasteiger partial charge in [-0.15, -0.1) is 22.7 Å². The van der Waals surface area contributed by atoms with E-state index in [0.29, 0.717) is 30.3 Å². The summed E-state index contributed by atoms with van der Waals surface area (Å²) in [5, 5.41) is 7.09. The first-order chi connectivity index (χ1) is 14.0. The second-order valence-electron chi connectivity index (χ2n) is 6.45. The van der Waals surface area contributed by atoms with Crippen molar-refractivity contribution in [2.75, 3.05) is 19.0 Å². The van der Waals surface area contributed by atoms with E-state index in [9.17, 15) is 13.2 Å². The Hall–Kier alpha value is -2.27. The van der Waals surface area contributed by atoms with Gasteiger partial charge in [-0.1, -0.05) is 6.07 Å². The lowest BCUT2D eigenvalue weighted by atomic mass is 10.2. The molecule has 1 saturated heterocycles. The lowest BCUT2D eigenvalue weighted by molar-refractivity contribution is -0.119. The molecule has 1 aliphatic heterocycles. The molecule has 1 N–H and O–H groups in total. The summed E-state index contributed by atoms with van der Waals surface area (Å²) < 4.78 is 32.5. The van der Waals surface area contributed by atoms with Crippen LogP contribution in [0.15, 0.2) is 52.1 Å². The van der Waals surface area contributed by atoms with Crippen molar-refractivity contribution in [1.82, 2.24) is 9.29 Å². The summed E-state index contributed by atoms with van der Waals surface area (Å²) >= 11 is 2.90. The first-order valence-corrected chi connectivity index (χ1v) is 12.1. The number of sulfonamides is 1. The highest BCUT2D eigenvalue weighted by molar-refractivity contribution is 7.89. The van der Waals surface area contributed by atoms with Gasteiger partial charge in [-0.3, -0.25) is 4.79 Å². The summed E-state index contributed by atoms with van der Waals surface area (Å²) in [5.41, 5.74) is 0.800. The number of anilines is 1. The number of nitrogens with zero attached hydrogens (tertiary/aromatic N) is 2. The van der Waals surface area contributed by atoms with Crippen molar-refractivity contribution in [3.8, 4) is 16.3 Å². The molecule has 1 fully saturated rings. The van der Waals surface area contributed by atoms with Crippen LogP contribution >= 0.6 is 22.7 Å². The molecule has 152 valence electrons. The predicted octanol–water partition coefficient (Wildman–Crippen LogP) is 3.67. The summed E-state index contributed by atoms with van der Waals surface area (Å²) in [5.74, 6) is 0.219. The summed E-state index contributed by atoms with van der Waals surface area (Å²) in [6, 6.07) is 9.34. The van der Waals surface area contributed by atoms with Gasteiger partial charge in [0, 0.05) is 11.9 Å². The monoisotopic (exact) mass is 449 g/mol. The Morgan fingerprint density at radius 3 is 2.72 bits per heavy atom. The van der Waals surface area contributed by atoms with Crippen LogP contribution in [0.4, 0.5) is 5.13 Å². The number of hydrogen-bond acceptors (Lipinski definition) is 7. The van der Waals surface area contributed by atoms with Crippen molar-refractivity contribution in [2.24, 2.45) is 0 Å². The summed E-state index contributed by atoms with van der Waals surface area (Å²) in [6.45, 7) is 0.310. The molecule has 0 aliphatic carbocycles. The van der Waals surface area contributed by atoms with Crippen molar-refractivity contribution in [2.45, 2.75) is 23.8 Å². The average Bonchev–Trinajstić information content (AvgIpc) is 3.48. The molecule has 10 heteroatoms. The number of thiophene rings is 1. The van der Waals surface area contributed by atoms with Gasteiger partial charge in [-0.05, 0) is 48.6 Å². The Bertz CT molecular complexity index is 1090. The molecule has 7 nitrogen and oxygen atoms in total. The van der Waals surface area contributed by atoms with Crippen molar-refractivity contribution >= 4 is 43.7 Å². The molecule has 1 aromatic carbocycles. The lowest BCUT2D eigenvalue weighted by Crippen LogP contribution is -2.43. The molecule has 0 saturated carbocycles. The van der Waals surface area contributed by atoms with Gasteiger partial charge < -0.3 is 10.1 Å². The molecule has 0 bridgehead atoms. The van der Waals surface area contributed by atoms with Crippen molar-refractivity contribution in [3.63, 3.8) is 0 Å². The minimum absolute atomic E-state index is 0.146. The zero-order valence-electron chi connectivity index (χ0n) is 15.6. The first kappa shape index (κ1) is 20.0. The number of methoxy groups -OCH3 is 1. The van der Waals surface area contributed by atoms with Crippen LogP contribution in [-0.2, 0) is 14.8 Å². The van der Waals surface area contributed by atoms with Crippen LogP contribution in [0.3, 0.4) is 0 Å². The van der Waals surface area contributed by atoms with Crippen LogP contribution in [0.25, 0.3) is 10.6 Å². The van der Waals surface area contributed by atoms with Crippen LogP contribution in [-0.4, -0.2) is 43.3 Å². The number of nitrogens with one attached hydrogen (secondary N) is 1. The number of aromatic nitrogens is 1. The van der Waals surface area contributed by atoms with Crippen LogP contribution in [0.5, 0.6) is 5.75 Å². The number of thiazole rings is 1. The second kappa shape index (κ2) is 8.23. The minimum Gasteiger partial charge on any atom is -0.497 e. The fraction of sp³-hybridized carbons (Fsp3) is 0.263. The molecule has 1 aliphatic rings. The third kappa shape index (κ3) is 4.06. The smallest absolute Gasteiger partial charge is 0.244 e. The molecule has 1 amide bonds. The highest BCUT2D eigenvalue weighted by Gasteiger charge is 2.39. The van der Waals surface area contributed by atoms with Gasteiger partial charge in [0.05, 0.1) is 22.6 Å². The standard InChI is InChI=1S/C19H19N3O4S3/c1-26-13-6-8-14(9-7-13)29(24,25)22-10-2-4-16(22)18(23)21-19-20-15(12-28-19)17-5-3-11-27-17/h3,5-9,11-12,16H,2,4,10H2,1H3,(H,20,21,23). The summed E-state index contributed by atoms with van der Waals surface area (Å²) in [4.78, 5) is 18.4. The molecule has 2 aromatic heterocycles. The van der Waals surface area contributed by atoms with Crippen LogP contribution in [0.2, 0.25) is 0 Å². The molecule has 0 radical (unpaired) electrons. The van der Waals surface area contributed by atoms with Gasteiger partial charge in [0.15, 0.2) is 5.13 Å². The number of rotatable bonds is 6. The van der Waals surface area contributed by atoms with E-state index in [1.165, 1.54) is 34.9 Å². The van der Waals surface area contributed by atoms with E-state index in [0.717, 1.165) is 10.6 Å². The van der Waals surface area contributed by atoms with Gasteiger partial charge in [-0.2, -0.15) is 4.31 Å². The van der Waals surface area contributed by atoms with Gasteiger partial charge in [0.2, 0.25) is 15.9 Å². The number of benzene rings is 1. The maximum absolute atomic E-state index is 13.1. The van der Waals surface area contributed by atoms with Gasteiger partial charge >= 0.3 is 0 Å². The number of amides is 1. The summed E-state index contributed by atoms with van der Waals surface area (Å²) in [6.07, 6.45) is 1.11. The molecule has 1 atom stereocenters. The van der Waals surface area contributed by atoms with Gasteiger partial charge in [0.1, 0.15) is 11.8 Å². The third-order valence-corrected chi connectivity index (χ3v) is 8.25. The second-order valence-corrected chi connectivity index (χ2v) is 10.2. The van der Waals surface area contributed by atoms with Crippen molar-refractivity contribution in [1.29, 1.82) is 0 Å². The molecule has 1 unspecified atom stereocenters. The maximum Gasteiger partial charge on any atom is 0.244 e. The quantitative estimate of drug-likeness (QED) is 0.620. The summed E-state index contributed by atoms with van der Waals surface area (Å²) in [7, 11) is -2.26. The maximum atomic E-state index is 13.1.